The van der Waals surface area contributed by atoms with Gasteiger partial charge in [0.25, 0.3) is 0 Å². The van der Waals surface area contributed by atoms with Crippen molar-refractivity contribution in [2.75, 3.05) is 6.61 Å². The molecule has 0 spiro atoms. The fourth-order valence-electron chi connectivity index (χ4n) is 8.65. The molecule has 9 nitrogen and oxygen atoms in total. The Morgan fingerprint density at radius 1 is 1.04 bits per heavy atom. The van der Waals surface area contributed by atoms with Crippen LogP contribution in [0.25, 0.3) is 0 Å². The zero-order valence-corrected chi connectivity index (χ0v) is 26.6. The van der Waals surface area contributed by atoms with Crippen LogP contribution in [-0.4, -0.2) is 69.7 Å². The Hall–Kier alpha value is -3.28. The Morgan fingerprint density at radius 2 is 1.70 bits per heavy atom. The van der Waals surface area contributed by atoms with Crippen molar-refractivity contribution in [2.45, 2.75) is 102 Å². The summed E-state index contributed by atoms with van der Waals surface area (Å²) in [5, 5.41) is 22.4. The first-order valence-electron chi connectivity index (χ1n) is 15.7. The lowest BCUT2D eigenvalue weighted by Gasteiger charge is -2.63. The number of hydrogen-bond acceptors (Lipinski definition) is 9. The zero-order chi connectivity index (χ0) is 33.7. The summed E-state index contributed by atoms with van der Waals surface area (Å²) in [4.78, 5) is 50.8. The van der Waals surface area contributed by atoms with Gasteiger partial charge in [-0.25, -0.2) is 8.78 Å². The Balaban J connectivity index is 1.33. The van der Waals surface area contributed by atoms with Gasteiger partial charge in [-0.05, 0) is 75.7 Å². The molecule has 0 saturated heterocycles. The Bertz CT molecular complexity index is 1450. The second-order valence-electron chi connectivity index (χ2n) is 14.0. The monoisotopic (exact) mass is 644 g/mol. The molecule has 0 amide bonds. The second-order valence-corrected chi connectivity index (χ2v) is 14.0. The third kappa shape index (κ3) is 5.64. The number of carbonyl (C=O) groups excluding carboxylic acids is 4. The smallest absolute Gasteiger partial charge is 0.306 e. The molecule has 11 heteroatoms. The lowest BCUT2D eigenvalue weighted by molar-refractivity contribution is -0.287. The van der Waals surface area contributed by atoms with E-state index in [9.17, 15) is 29.4 Å². The van der Waals surface area contributed by atoms with E-state index in [1.807, 2.05) is 6.07 Å². The lowest BCUT2D eigenvalue weighted by Crippen LogP contribution is -2.71. The molecule has 0 radical (unpaired) electrons. The molecule has 1 aromatic rings. The summed E-state index contributed by atoms with van der Waals surface area (Å²) >= 11 is 0. The van der Waals surface area contributed by atoms with Crippen LogP contribution in [0.3, 0.4) is 0 Å². The van der Waals surface area contributed by atoms with E-state index >= 15 is 8.78 Å². The van der Waals surface area contributed by atoms with Crippen molar-refractivity contribution in [3.8, 4) is 0 Å². The molecule has 3 saturated carbocycles. The maximum Gasteiger partial charge on any atom is 0.306 e. The number of ether oxygens (including phenoxy) is 3. The normalized spacial score (nSPS) is 36.6. The van der Waals surface area contributed by atoms with E-state index in [1.165, 1.54) is 32.9 Å². The number of alkyl halides is 2. The minimum absolute atomic E-state index is 0.00431. The number of benzene rings is 1. The van der Waals surface area contributed by atoms with E-state index in [2.05, 4.69) is 0 Å². The van der Waals surface area contributed by atoms with Gasteiger partial charge in [-0.2, -0.15) is 0 Å². The number of hydrogen-bond donors (Lipinski definition) is 2. The SMILES string of the molecule is CC(C)(O)O[C@]1(C(=O)COC(=O)CCC(=O)OCc2ccccc2)CCC2[C@@H]3C[C@H](F)C4=CC(=O)C=C[C@]4(C)[C@@]3(F)[C@@H](O)C[C@@]21C. The summed E-state index contributed by atoms with van der Waals surface area (Å²) in [6.45, 7) is 5.13. The molecular formula is C35H42F2O9. The largest absolute Gasteiger partial charge is 0.461 e. The van der Waals surface area contributed by atoms with E-state index in [1.54, 1.807) is 31.2 Å². The number of esters is 2. The highest BCUT2D eigenvalue weighted by Gasteiger charge is 2.76. The van der Waals surface area contributed by atoms with Crippen LogP contribution in [0.1, 0.15) is 71.8 Å². The third-order valence-electron chi connectivity index (χ3n) is 10.8. The highest BCUT2D eigenvalue weighted by molar-refractivity contribution is 6.01. The van der Waals surface area contributed by atoms with Crippen molar-refractivity contribution in [3.05, 3.63) is 59.7 Å². The van der Waals surface area contributed by atoms with Crippen LogP contribution in [-0.2, 0) is 40.0 Å². The van der Waals surface area contributed by atoms with Gasteiger partial charge >= 0.3 is 11.9 Å². The van der Waals surface area contributed by atoms with Crippen LogP contribution in [0.15, 0.2) is 54.1 Å². The number of fused-ring (bicyclic) bond motifs is 5. The van der Waals surface area contributed by atoms with Crippen molar-refractivity contribution in [1.82, 2.24) is 0 Å². The maximum atomic E-state index is 17.5. The van der Waals surface area contributed by atoms with Gasteiger partial charge in [0.15, 0.2) is 23.8 Å². The Kier molecular flexibility index (Phi) is 8.94. The first-order chi connectivity index (χ1) is 21.5. The van der Waals surface area contributed by atoms with Gasteiger partial charge in [-0.1, -0.05) is 43.3 Å². The number of aliphatic hydroxyl groups is 2. The van der Waals surface area contributed by atoms with Crippen molar-refractivity contribution >= 4 is 23.5 Å². The molecule has 4 aliphatic carbocycles. The van der Waals surface area contributed by atoms with Crippen molar-refractivity contribution in [3.63, 3.8) is 0 Å². The predicted molar refractivity (Wildman–Crippen MR) is 160 cm³/mol. The molecule has 8 atom stereocenters. The number of Topliss-reactive ketones (excluding diaryl/α,β-unsaturated/α-hetero) is 1. The van der Waals surface area contributed by atoms with Gasteiger partial charge in [0.05, 0.1) is 18.9 Å². The molecule has 5 rings (SSSR count). The van der Waals surface area contributed by atoms with Gasteiger partial charge in [0.2, 0.25) is 5.78 Å². The van der Waals surface area contributed by atoms with Gasteiger partial charge in [-0.15, -0.1) is 0 Å². The molecule has 1 unspecified atom stereocenters. The molecule has 0 aromatic heterocycles. The van der Waals surface area contributed by atoms with Gasteiger partial charge in [0, 0.05) is 16.7 Å². The van der Waals surface area contributed by atoms with Crippen LogP contribution < -0.4 is 0 Å². The topological polar surface area (TPSA) is 136 Å². The molecule has 0 aliphatic heterocycles. The summed E-state index contributed by atoms with van der Waals surface area (Å²) in [5.74, 6) is -6.15. The molecule has 3 fully saturated rings. The van der Waals surface area contributed by atoms with E-state index in [-0.39, 0.29) is 50.7 Å². The maximum absolute atomic E-state index is 17.5. The van der Waals surface area contributed by atoms with Gasteiger partial charge in [0.1, 0.15) is 18.4 Å². The quantitative estimate of drug-likeness (QED) is 0.280. The molecule has 46 heavy (non-hydrogen) atoms. The van der Waals surface area contributed by atoms with Crippen LogP contribution in [0.5, 0.6) is 0 Å². The molecule has 0 heterocycles. The molecule has 4 aliphatic rings. The molecule has 1 aromatic carbocycles. The number of allylic oxidation sites excluding steroid dienone is 4. The standard InChI is InChI=1S/C35H42F2O9/c1-31(2,43)46-34(28(40)20-45-30(42)11-10-29(41)44-19-21-8-6-5-7-9-21)15-13-23-24-17-26(36)25-16-22(38)12-14-32(25,3)35(24,37)27(39)18-33(23,34)4/h5-9,12,14,16,23-24,26-27,39,43H,10-11,13,15,17-20H2,1-4H3/t23?,24-,26-,27-,32-,33-,34-,35-/m0/s1. The number of aliphatic hydroxyl groups excluding tert-OH is 1. The van der Waals surface area contributed by atoms with Crippen molar-refractivity contribution in [2.24, 2.45) is 22.7 Å². The fraction of sp³-hybridized carbons (Fsp3) is 0.600. The minimum Gasteiger partial charge on any atom is -0.461 e. The number of halogens is 2. The minimum atomic E-state index is -2.35. The van der Waals surface area contributed by atoms with Crippen molar-refractivity contribution < 1.29 is 52.4 Å². The molecule has 2 N–H and O–H groups in total. The second kappa shape index (κ2) is 12.1. The molecule has 0 bridgehead atoms. The summed E-state index contributed by atoms with van der Waals surface area (Å²) in [7, 11) is 0. The Labute approximate surface area is 267 Å². The highest BCUT2D eigenvalue weighted by atomic mass is 19.1. The summed E-state index contributed by atoms with van der Waals surface area (Å²) in [5.41, 5.74) is -6.26. The zero-order valence-electron chi connectivity index (χ0n) is 26.6. The highest BCUT2D eigenvalue weighted by Crippen LogP contribution is 2.70. The summed E-state index contributed by atoms with van der Waals surface area (Å²) in [6, 6.07) is 9.02. The van der Waals surface area contributed by atoms with E-state index in [4.69, 9.17) is 14.2 Å². The number of rotatable bonds is 10. The van der Waals surface area contributed by atoms with E-state index in [0.29, 0.717) is 0 Å². The van der Waals surface area contributed by atoms with Crippen LogP contribution in [0.2, 0.25) is 0 Å². The van der Waals surface area contributed by atoms with Gasteiger partial charge in [-0.3, -0.25) is 19.2 Å². The number of ketones is 2. The predicted octanol–water partition coefficient (Wildman–Crippen LogP) is 4.42. The van der Waals surface area contributed by atoms with Crippen LogP contribution in [0, 0.1) is 22.7 Å². The van der Waals surface area contributed by atoms with Crippen molar-refractivity contribution in [1.29, 1.82) is 0 Å². The van der Waals surface area contributed by atoms with E-state index in [0.717, 1.165) is 11.6 Å². The average molecular weight is 645 g/mol. The first-order valence-corrected chi connectivity index (χ1v) is 15.7. The Morgan fingerprint density at radius 3 is 2.35 bits per heavy atom. The number of carbonyl (C=O) groups is 4. The average Bonchev–Trinajstić information content (AvgIpc) is 3.27. The fourth-order valence-corrected chi connectivity index (χ4v) is 8.65. The third-order valence-corrected chi connectivity index (χ3v) is 10.8. The molecular weight excluding hydrogens is 602 g/mol. The summed E-state index contributed by atoms with van der Waals surface area (Å²) in [6.07, 6.45) is -0.651. The van der Waals surface area contributed by atoms with Crippen LogP contribution >= 0.6 is 0 Å². The van der Waals surface area contributed by atoms with Gasteiger partial charge < -0.3 is 24.4 Å². The van der Waals surface area contributed by atoms with E-state index < -0.39 is 82.1 Å². The molecule has 250 valence electrons. The van der Waals surface area contributed by atoms with Crippen LogP contribution in [0.4, 0.5) is 8.78 Å². The summed E-state index contributed by atoms with van der Waals surface area (Å²) < 4.78 is 49.8. The first kappa shape index (κ1) is 34.1. The lowest BCUT2D eigenvalue weighted by atomic mass is 9.44.